The predicted octanol–water partition coefficient (Wildman–Crippen LogP) is -0.680. The molecular weight excluding hydrogens is 394 g/mol. The molecule has 0 unspecified atom stereocenters. The highest BCUT2D eigenvalue weighted by molar-refractivity contribution is 5.85. The molecule has 0 aromatic heterocycles. The van der Waals surface area contributed by atoms with Crippen molar-refractivity contribution in [3.8, 4) is 0 Å². The zero-order valence-electron chi connectivity index (χ0n) is 17.8. The van der Waals surface area contributed by atoms with Crippen LogP contribution in [-0.2, 0) is 9.59 Å². The smallest absolute Gasteiger partial charge is 0.226 e. The Kier molecular flexibility index (Phi) is 19.5. The Morgan fingerprint density at radius 1 is 1.00 bits per heavy atom. The maximum absolute atomic E-state index is 10.7. The Morgan fingerprint density at radius 2 is 1.50 bits per heavy atom. The summed E-state index contributed by atoms with van der Waals surface area (Å²) < 4.78 is 0. The number of carbonyl (C=O) groups is 2. The number of aliphatic hydroxyl groups excluding tert-OH is 5. The monoisotopic (exact) mass is 432 g/mol. The summed E-state index contributed by atoms with van der Waals surface area (Å²) in [5.41, 5.74) is -1.63. The number of unbranched alkanes of at least 4 members (excludes halogenated alkanes) is 3. The van der Waals surface area contributed by atoms with Crippen molar-refractivity contribution in [2.75, 3.05) is 39.6 Å². The van der Waals surface area contributed by atoms with Gasteiger partial charge in [-0.1, -0.05) is 26.0 Å². The van der Waals surface area contributed by atoms with E-state index in [9.17, 15) is 14.7 Å². The van der Waals surface area contributed by atoms with E-state index in [0.29, 0.717) is 6.42 Å². The van der Waals surface area contributed by atoms with E-state index in [-0.39, 0.29) is 44.1 Å². The molecule has 1 saturated heterocycles. The number of nitrogens with zero attached hydrogens (tertiary/aromatic N) is 1. The van der Waals surface area contributed by atoms with Gasteiger partial charge in [0.25, 0.3) is 0 Å². The van der Waals surface area contributed by atoms with Crippen LogP contribution in [0.2, 0.25) is 0 Å². The van der Waals surface area contributed by atoms with Gasteiger partial charge in [-0.05, 0) is 43.9 Å². The van der Waals surface area contributed by atoms with Gasteiger partial charge in [0, 0.05) is 38.2 Å². The van der Waals surface area contributed by atoms with Gasteiger partial charge in [-0.25, -0.2) is 0 Å². The predicted molar refractivity (Wildman–Crippen MR) is 111 cm³/mol. The van der Waals surface area contributed by atoms with Crippen LogP contribution in [0.25, 0.3) is 0 Å². The lowest BCUT2D eigenvalue weighted by Gasteiger charge is -2.32. The minimum atomic E-state index is -1.49. The van der Waals surface area contributed by atoms with Crippen molar-refractivity contribution in [3.63, 3.8) is 0 Å². The molecule has 9 nitrogen and oxygen atoms in total. The minimum Gasteiger partial charge on any atom is -0.545 e. The lowest BCUT2D eigenvalue weighted by atomic mass is 9.78. The van der Waals surface area contributed by atoms with Crippen molar-refractivity contribution in [1.82, 2.24) is 4.90 Å². The summed E-state index contributed by atoms with van der Waals surface area (Å²) >= 11 is 0. The SMILES string of the molecule is C=C(C(=O)[O-])C(CO)(CO)CCCO.C=CN1CCCC1=O.OCCCCCCO. The van der Waals surface area contributed by atoms with E-state index >= 15 is 0 Å². The third-order valence-corrected chi connectivity index (χ3v) is 4.70. The Labute approximate surface area is 179 Å². The molecule has 0 aromatic rings. The van der Waals surface area contributed by atoms with Gasteiger partial charge in [0.15, 0.2) is 0 Å². The minimum absolute atomic E-state index is 0.137. The Balaban J connectivity index is 0. The number of carboxylic acid groups (broad SMARTS) is 1. The first-order valence-electron chi connectivity index (χ1n) is 10.2. The second-order valence-corrected chi connectivity index (χ2v) is 6.92. The lowest BCUT2D eigenvalue weighted by molar-refractivity contribution is -0.301. The molecule has 0 spiro atoms. The first-order valence-corrected chi connectivity index (χ1v) is 10.2. The van der Waals surface area contributed by atoms with Crippen molar-refractivity contribution < 1.29 is 40.2 Å². The maximum Gasteiger partial charge on any atom is 0.226 e. The second kappa shape index (κ2) is 19.2. The van der Waals surface area contributed by atoms with Gasteiger partial charge in [0.1, 0.15) is 0 Å². The third kappa shape index (κ3) is 12.7. The highest BCUT2D eigenvalue weighted by Crippen LogP contribution is 2.30. The summed E-state index contributed by atoms with van der Waals surface area (Å²) in [6.07, 6.45) is 7.55. The molecule has 1 aliphatic heterocycles. The standard InChI is InChI=1S/C9H16O5.C6H9NO.C6H14O2/c1-7(8(13)14)9(5-11,6-12)3-2-4-10;1-2-7-5-3-4-6(7)8;7-5-3-1-2-4-6-8/h10-12H,1-6H2,(H,13,14);2H,1,3-5H2;7-8H,1-6H2/p-1. The quantitative estimate of drug-likeness (QED) is 0.189. The zero-order valence-corrected chi connectivity index (χ0v) is 17.8. The maximum atomic E-state index is 10.7. The molecule has 0 radical (unpaired) electrons. The van der Waals surface area contributed by atoms with Crippen LogP contribution in [0, 0.1) is 5.41 Å². The number of carbonyl (C=O) groups excluding carboxylic acids is 2. The topological polar surface area (TPSA) is 162 Å². The van der Waals surface area contributed by atoms with Crippen molar-refractivity contribution >= 4 is 11.9 Å². The lowest BCUT2D eigenvalue weighted by Crippen LogP contribution is -2.40. The van der Waals surface area contributed by atoms with Gasteiger partial charge in [-0.15, -0.1) is 0 Å². The number of carboxylic acids is 1. The largest absolute Gasteiger partial charge is 0.545 e. The van der Waals surface area contributed by atoms with Crippen LogP contribution in [0.4, 0.5) is 0 Å². The van der Waals surface area contributed by atoms with Crippen molar-refractivity contribution in [1.29, 1.82) is 0 Å². The Morgan fingerprint density at radius 3 is 1.77 bits per heavy atom. The van der Waals surface area contributed by atoms with Crippen LogP contribution in [0.15, 0.2) is 24.9 Å². The van der Waals surface area contributed by atoms with Gasteiger partial charge >= 0.3 is 0 Å². The molecule has 5 N–H and O–H groups in total. The summed E-state index contributed by atoms with van der Waals surface area (Å²) in [6.45, 7) is 6.99. The molecule has 1 heterocycles. The van der Waals surface area contributed by atoms with Crippen molar-refractivity contribution in [2.45, 2.75) is 51.4 Å². The van der Waals surface area contributed by atoms with Crippen LogP contribution in [0.1, 0.15) is 51.4 Å². The number of likely N-dealkylation sites (tertiary alicyclic amines) is 1. The van der Waals surface area contributed by atoms with Crippen LogP contribution >= 0.6 is 0 Å². The molecule has 1 rings (SSSR count). The zero-order chi connectivity index (χ0) is 23.4. The fourth-order valence-electron chi connectivity index (χ4n) is 2.62. The third-order valence-electron chi connectivity index (χ3n) is 4.70. The highest BCUT2D eigenvalue weighted by Gasteiger charge is 2.32. The first-order chi connectivity index (χ1) is 14.3. The molecule has 0 saturated carbocycles. The number of amides is 1. The van der Waals surface area contributed by atoms with Gasteiger partial charge in [-0.2, -0.15) is 0 Å². The molecule has 0 aliphatic carbocycles. The number of rotatable bonds is 13. The van der Waals surface area contributed by atoms with Crippen LogP contribution in [0.3, 0.4) is 0 Å². The number of aliphatic carboxylic acids is 1. The van der Waals surface area contributed by atoms with E-state index in [1.165, 1.54) is 0 Å². The Hall–Kier alpha value is -1.78. The van der Waals surface area contributed by atoms with E-state index in [2.05, 4.69) is 13.2 Å². The van der Waals surface area contributed by atoms with Gasteiger partial charge < -0.3 is 40.3 Å². The molecule has 0 atom stereocenters. The van der Waals surface area contributed by atoms with Crippen LogP contribution in [0.5, 0.6) is 0 Å². The molecular formula is C21H38NO8-. The molecule has 176 valence electrons. The summed E-state index contributed by atoms with van der Waals surface area (Å²) in [4.78, 5) is 22.8. The molecule has 1 amide bonds. The molecule has 1 fully saturated rings. The molecule has 0 bridgehead atoms. The van der Waals surface area contributed by atoms with Crippen molar-refractivity contribution in [2.24, 2.45) is 5.41 Å². The average Bonchev–Trinajstić information content (AvgIpc) is 3.18. The second-order valence-electron chi connectivity index (χ2n) is 6.92. The van der Waals surface area contributed by atoms with Crippen LogP contribution in [-0.4, -0.2) is 81.9 Å². The average molecular weight is 433 g/mol. The fourth-order valence-corrected chi connectivity index (χ4v) is 2.62. The van der Waals surface area contributed by atoms with Crippen LogP contribution < -0.4 is 5.11 Å². The highest BCUT2D eigenvalue weighted by atomic mass is 16.4. The van der Waals surface area contributed by atoms with E-state index in [1.807, 2.05) is 0 Å². The number of hydrogen-bond acceptors (Lipinski definition) is 8. The summed E-state index contributed by atoms with van der Waals surface area (Å²) in [6, 6.07) is 0. The molecule has 0 aromatic carbocycles. The van der Waals surface area contributed by atoms with Gasteiger partial charge in [0.05, 0.1) is 19.2 Å². The first kappa shape index (κ1) is 30.4. The summed E-state index contributed by atoms with van der Waals surface area (Å²) in [7, 11) is 0. The Bertz CT molecular complexity index is 485. The van der Waals surface area contributed by atoms with E-state index in [0.717, 1.165) is 38.6 Å². The number of hydrogen-bond donors (Lipinski definition) is 5. The molecule has 1 aliphatic rings. The van der Waals surface area contributed by atoms with Crippen molar-refractivity contribution in [3.05, 3.63) is 24.9 Å². The fraction of sp³-hybridized carbons (Fsp3) is 0.714. The summed E-state index contributed by atoms with van der Waals surface area (Å²) in [5, 5.41) is 53.8. The van der Waals surface area contributed by atoms with E-state index in [1.54, 1.807) is 11.1 Å². The van der Waals surface area contributed by atoms with E-state index in [4.69, 9.17) is 25.5 Å². The normalized spacial score (nSPS) is 13.1. The molecule has 9 heteroatoms. The number of aliphatic hydroxyl groups is 5. The van der Waals surface area contributed by atoms with Gasteiger partial charge in [0.2, 0.25) is 5.91 Å². The van der Waals surface area contributed by atoms with E-state index < -0.39 is 24.6 Å². The molecule has 30 heavy (non-hydrogen) atoms. The van der Waals surface area contributed by atoms with Gasteiger partial charge in [-0.3, -0.25) is 4.79 Å². The summed E-state index contributed by atoms with van der Waals surface area (Å²) in [5.74, 6) is -1.29.